The zero-order valence-corrected chi connectivity index (χ0v) is 16.3. The van der Waals surface area contributed by atoms with E-state index in [-0.39, 0.29) is 29.6 Å². The van der Waals surface area contributed by atoms with Crippen molar-refractivity contribution < 1.29 is 14.7 Å². The Kier molecular flexibility index (Phi) is 7.02. The summed E-state index contributed by atoms with van der Waals surface area (Å²) in [5.74, 6) is -1.03. The third-order valence-corrected chi connectivity index (χ3v) is 4.28. The minimum absolute atomic E-state index is 0. The van der Waals surface area contributed by atoms with Crippen LogP contribution in [0.4, 0.5) is 16.2 Å². The fourth-order valence-electron chi connectivity index (χ4n) is 2.84. The number of urea groups is 1. The van der Waals surface area contributed by atoms with E-state index in [1.54, 1.807) is 36.4 Å². The number of carbonyl (C=O) groups is 2. The third-order valence-electron chi connectivity index (χ3n) is 4.05. The molecule has 2 N–H and O–H groups in total. The first-order valence-corrected chi connectivity index (χ1v) is 8.30. The molecule has 2 amide bonds. The number of anilines is 2. The molecule has 1 fully saturated rings. The van der Waals surface area contributed by atoms with Gasteiger partial charge in [-0.05, 0) is 30.3 Å². The maximum atomic E-state index is 13.2. The van der Waals surface area contributed by atoms with Gasteiger partial charge in [0, 0.05) is 24.7 Å². The molecule has 0 bridgehead atoms. The van der Waals surface area contributed by atoms with Crippen LogP contribution in [-0.4, -0.2) is 47.7 Å². The van der Waals surface area contributed by atoms with E-state index in [9.17, 15) is 14.7 Å². The van der Waals surface area contributed by atoms with Gasteiger partial charge in [0.1, 0.15) is 6.04 Å². The second kappa shape index (κ2) is 9.02. The lowest BCUT2D eigenvalue weighted by molar-refractivity contribution is -0.142. The Morgan fingerprint density at radius 3 is 2.46 bits per heavy atom. The van der Waals surface area contributed by atoms with Crippen LogP contribution in [0.1, 0.15) is 0 Å². The van der Waals surface area contributed by atoms with Gasteiger partial charge < -0.3 is 15.3 Å². The Morgan fingerprint density at radius 1 is 1.12 bits per heavy atom. The van der Waals surface area contributed by atoms with E-state index in [1.807, 2.05) is 18.2 Å². The zero-order valence-electron chi connectivity index (χ0n) is 13.8. The van der Waals surface area contributed by atoms with Crippen LogP contribution in [0.3, 0.4) is 0 Å². The predicted molar refractivity (Wildman–Crippen MR) is 107 cm³/mol. The smallest absolute Gasteiger partial charge is 0.329 e. The number of hydrogen-bond acceptors (Lipinski definition) is 3. The monoisotopic (exact) mass is 439 g/mol. The molecule has 0 saturated carbocycles. The van der Waals surface area contributed by atoms with Gasteiger partial charge in [-0.3, -0.25) is 4.90 Å². The van der Waals surface area contributed by atoms with Crippen LogP contribution in [0.15, 0.2) is 54.6 Å². The molecule has 1 unspecified atom stereocenters. The number of carboxylic acid groups (broad SMARTS) is 1. The summed E-state index contributed by atoms with van der Waals surface area (Å²) >= 11 is 6.09. The topological polar surface area (TPSA) is 72.9 Å². The lowest BCUT2D eigenvalue weighted by Crippen LogP contribution is -2.59. The van der Waals surface area contributed by atoms with Crippen LogP contribution in [0.25, 0.3) is 0 Å². The largest absolute Gasteiger partial charge is 0.480 e. The van der Waals surface area contributed by atoms with Gasteiger partial charge >= 0.3 is 12.0 Å². The van der Waals surface area contributed by atoms with E-state index in [2.05, 4.69) is 5.32 Å². The number of nitrogens with zero attached hydrogens (tertiary/aromatic N) is 2. The van der Waals surface area contributed by atoms with Gasteiger partial charge in [-0.2, -0.15) is 0 Å². The molecule has 0 spiro atoms. The van der Waals surface area contributed by atoms with Crippen molar-refractivity contribution in [2.45, 2.75) is 6.04 Å². The molecule has 0 aromatic heterocycles. The summed E-state index contributed by atoms with van der Waals surface area (Å²) in [5, 5.41) is 13.0. The summed E-state index contributed by atoms with van der Waals surface area (Å²) in [6.07, 6.45) is 0. The molecule has 26 heavy (non-hydrogen) atoms. The second-order valence-corrected chi connectivity index (χ2v) is 6.12. The number of aliphatic carboxylic acids is 1. The van der Waals surface area contributed by atoms with Crippen molar-refractivity contribution in [1.82, 2.24) is 10.2 Å². The number of halogens is 2. The lowest BCUT2D eigenvalue weighted by Gasteiger charge is -2.37. The summed E-state index contributed by atoms with van der Waals surface area (Å²) in [7, 11) is 0. The third kappa shape index (κ3) is 4.35. The number of carboxylic acids is 1. The van der Waals surface area contributed by atoms with E-state index in [0.717, 1.165) is 0 Å². The molecule has 1 aliphatic rings. The molecule has 6 nitrogen and oxygen atoms in total. The summed E-state index contributed by atoms with van der Waals surface area (Å²) in [6.45, 7) is 1.09. The molecule has 138 valence electrons. The number of benzene rings is 2. The Hall–Kier alpha value is -2.09. The van der Waals surface area contributed by atoms with Crippen molar-refractivity contribution >= 4 is 52.0 Å². The van der Waals surface area contributed by atoms with Crippen LogP contribution in [-0.2, 0) is 4.79 Å². The first-order chi connectivity index (χ1) is 12.1. The minimum Gasteiger partial charge on any atom is -0.480 e. The number of para-hydroxylation sites is 1. The van der Waals surface area contributed by atoms with Gasteiger partial charge in [0.25, 0.3) is 0 Å². The van der Waals surface area contributed by atoms with Gasteiger partial charge in [-0.1, -0.05) is 35.9 Å². The Bertz CT molecular complexity index is 775. The van der Waals surface area contributed by atoms with Crippen molar-refractivity contribution in [3.05, 3.63) is 59.6 Å². The predicted octanol–water partition coefficient (Wildman–Crippen LogP) is 3.53. The average molecular weight is 441 g/mol. The average Bonchev–Trinajstić information content (AvgIpc) is 2.63. The normalized spacial score (nSPS) is 16.5. The highest BCUT2D eigenvalue weighted by Crippen LogP contribution is 2.29. The van der Waals surface area contributed by atoms with Crippen LogP contribution < -0.4 is 10.2 Å². The molecular weight excluding hydrogens is 422 g/mol. The van der Waals surface area contributed by atoms with Crippen LogP contribution >= 0.6 is 28.6 Å². The van der Waals surface area contributed by atoms with Crippen molar-refractivity contribution in [2.24, 2.45) is 0 Å². The summed E-state index contributed by atoms with van der Waals surface area (Å²) in [6, 6.07) is 14.8. The minimum atomic E-state index is -1.03. The number of carbonyl (C=O) groups excluding carboxylic acids is 1. The first kappa shape index (κ1) is 20.2. The van der Waals surface area contributed by atoms with E-state index in [4.69, 9.17) is 11.6 Å². The standard InChI is InChI=1S/C18H18ClN3O3.BrH/c19-13-5-4-8-15(11-13)22(14-6-2-1-3-7-14)18(25)21-10-9-20-12-16(21)17(23)24;/h1-8,11,16,20H,9-10,12H2,(H,23,24);1H. The summed E-state index contributed by atoms with van der Waals surface area (Å²) in [5.41, 5.74) is 1.24. The molecule has 0 aliphatic carbocycles. The van der Waals surface area contributed by atoms with E-state index >= 15 is 0 Å². The Balaban J connectivity index is 0.00000243. The van der Waals surface area contributed by atoms with Crippen LogP contribution in [0, 0.1) is 0 Å². The number of hydrogen-bond donors (Lipinski definition) is 2. The van der Waals surface area contributed by atoms with Gasteiger partial charge in [-0.15, -0.1) is 17.0 Å². The molecule has 1 heterocycles. The highest BCUT2D eigenvalue weighted by atomic mass is 79.9. The summed E-state index contributed by atoms with van der Waals surface area (Å²) < 4.78 is 0. The fourth-order valence-corrected chi connectivity index (χ4v) is 3.03. The summed E-state index contributed by atoms with van der Waals surface area (Å²) in [4.78, 5) is 27.7. The zero-order chi connectivity index (χ0) is 17.8. The Morgan fingerprint density at radius 2 is 1.81 bits per heavy atom. The number of nitrogens with one attached hydrogen (secondary N) is 1. The van der Waals surface area contributed by atoms with Gasteiger partial charge in [0.2, 0.25) is 0 Å². The molecule has 3 rings (SSSR count). The lowest BCUT2D eigenvalue weighted by atomic mass is 10.2. The molecule has 1 aliphatic heterocycles. The quantitative estimate of drug-likeness (QED) is 0.766. The second-order valence-electron chi connectivity index (χ2n) is 5.68. The van der Waals surface area contributed by atoms with E-state index < -0.39 is 12.0 Å². The number of amides is 2. The fraction of sp³-hybridized carbons (Fsp3) is 0.222. The highest BCUT2D eigenvalue weighted by Gasteiger charge is 2.35. The van der Waals surface area contributed by atoms with Crippen molar-refractivity contribution in [3.8, 4) is 0 Å². The number of rotatable bonds is 3. The Labute approximate surface area is 167 Å². The molecule has 2 aromatic carbocycles. The molecular formula is C18H19BrClN3O3. The molecule has 0 radical (unpaired) electrons. The molecule has 8 heteroatoms. The molecule has 1 saturated heterocycles. The highest BCUT2D eigenvalue weighted by molar-refractivity contribution is 8.93. The van der Waals surface area contributed by atoms with E-state index in [1.165, 1.54) is 9.80 Å². The van der Waals surface area contributed by atoms with Crippen molar-refractivity contribution in [2.75, 3.05) is 24.5 Å². The van der Waals surface area contributed by atoms with Crippen LogP contribution in [0.5, 0.6) is 0 Å². The van der Waals surface area contributed by atoms with Gasteiger partial charge in [-0.25, -0.2) is 9.59 Å². The van der Waals surface area contributed by atoms with Crippen LogP contribution in [0.2, 0.25) is 5.02 Å². The first-order valence-electron chi connectivity index (χ1n) is 7.93. The maximum absolute atomic E-state index is 13.2. The van der Waals surface area contributed by atoms with Gasteiger partial charge in [0.05, 0.1) is 11.4 Å². The van der Waals surface area contributed by atoms with Crippen molar-refractivity contribution in [3.63, 3.8) is 0 Å². The SMILES string of the molecule is Br.O=C(O)C1CNCCN1C(=O)N(c1ccccc1)c1cccc(Cl)c1. The molecule has 1 atom stereocenters. The molecule has 2 aromatic rings. The maximum Gasteiger partial charge on any atom is 0.329 e. The van der Waals surface area contributed by atoms with Gasteiger partial charge in [0.15, 0.2) is 0 Å². The van der Waals surface area contributed by atoms with Crippen molar-refractivity contribution in [1.29, 1.82) is 0 Å². The van der Waals surface area contributed by atoms with E-state index in [0.29, 0.717) is 29.5 Å². The number of piperazine rings is 1.